The summed E-state index contributed by atoms with van der Waals surface area (Å²) < 4.78 is 10.1. The summed E-state index contributed by atoms with van der Waals surface area (Å²) in [5.41, 5.74) is 0. The topological polar surface area (TPSA) is 58.8 Å². The van der Waals surface area contributed by atoms with Crippen LogP contribution in [0.4, 0.5) is 0 Å². The first-order valence-electron chi connectivity index (χ1n) is 4.82. The molecule has 0 aliphatic rings. The molecular formula is C10H18IN3O2. The molecule has 0 saturated carbocycles. The maximum atomic E-state index is 5.18. The molecule has 0 aliphatic carbocycles. The van der Waals surface area contributed by atoms with E-state index in [1.165, 1.54) is 0 Å². The first-order valence-corrected chi connectivity index (χ1v) is 4.82. The molecular weight excluding hydrogens is 321 g/mol. The Hall–Kier alpha value is -0.760. The number of ether oxygens (including phenoxy) is 1. The number of hydrogen-bond acceptors (Lipinski definition) is 3. The zero-order chi connectivity index (χ0) is 10.9. The van der Waals surface area contributed by atoms with Crippen molar-refractivity contribution in [2.45, 2.75) is 6.54 Å². The van der Waals surface area contributed by atoms with Crippen LogP contribution in [0.3, 0.4) is 0 Å². The number of hydrogen-bond donors (Lipinski definition) is 2. The maximum Gasteiger partial charge on any atom is 0.191 e. The van der Waals surface area contributed by atoms with Gasteiger partial charge in [0.15, 0.2) is 5.96 Å². The SMILES string of the molecule is CN=C(NCCOC)NCc1ccco1.I. The third-order valence-electron chi connectivity index (χ3n) is 1.83. The maximum absolute atomic E-state index is 5.18. The fourth-order valence-corrected chi connectivity index (χ4v) is 1.08. The molecule has 0 bridgehead atoms. The smallest absolute Gasteiger partial charge is 0.191 e. The number of rotatable bonds is 5. The summed E-state index contributed by atoms with van der Waals surface area (Å²) in [6.45, 7) is 2.01. The van der Waals surface area contributed by atoms with Gasteiger partial charge >= 0.3 is 0 Å². The van der Waals surface area contributed by atoms with E-state index in [4.69, 9.17) is 9.15 Å². The van der Waals surface area contributed by atoms with Crippen LogP contribution in [0.5, 0.6) is 0 Å². The fraction of sp³-hybridized carbons (Fsp3) is 0.500. The van der Waals surface area contributed by atoms with E-state index >= 15 is 0 Å². The van der Waals surface area contributed by atoms with Crippen LogP contribution in [0.15, 0.2) is 27.8 Å². The van der Waals surface area contributed by atoms with E-state index < -0.39 is 0 Å². The van der Waals surface area contributed by atoms with Gasteiger partial charge in [0.2, 0.25) is 0 Å². The van der Waals surface area contributed by atoms with Crippen molar-refractivity contribution >= 4 is 29.9 Å². The zero-order valence-corrected chi connectivity index (χ0v) is 11.9. The van der Waals surface area contributed by atoms with Gasteiger partial charge in [0.05, 0.1) is 19.4 Å². The molecule has 1 aromatic heterocycles. The predicted molar refractivity (Wildman–Crippen MR) is 74.2 cm³/mol. The molecule has 1 heterocycles. The quantitative estimate of drug-likeness (QED) is 0.366. The van der Waals surface area contributed by atoms with Crippen molar-refractivity contribution in [2.24, 2.45) is 4.99 Å². The summed E-state index contributed by atoms with van der Waals surface area (Å²) >= 11 is 0. The van der Waals surface area contributed by atoms with Gasteiger partial charge < -0.3 is 19.8 Å². The van der Waals surface area contributed by atoms with Crippen LogP contribution in [-0.4, -0.2) is 33.3 Å². The van der Waals surface area contributed by atoms with Crippen molar-refractivity contribution < 1.29 is 9.15 Å². The number of methoxy groups -OCH3 is 1. The molecule has 16 heavy (non-hydrogen) atoms. The van der Waals surface area contributed by atoms with Crippen LogP contribution < -0.4 is 10.6 Å². The second-order valence-electron chi connectivity index (χ2n) is 2.92. The van der Waals surface area contributed by atoms with Gasteiger partial charge in [-0.1, -0.05) is 0 Å². The van der Waals surface area contributed by atoms with Crippen LogP contribution in [0.2, 0.25) is 0 Å². The summed E-state index contributed by atoms with van der Waals surface area (Å²) in [5, 5.41) is 6.23. The highest BCUT2D eigenvalue weighted by Crippen LogP contribution is 1.97. The Balaban J connectivity index is 0.00000225. The van der Waals surface area contributed by atoms with E-state index in [0.29, 0.717) is 13.2 Å². The number of nitrogens with one attached hydrogen (secondary N) is 2. The Morgan fingerprint density at radius 1 is 1.50 bits per heavy atom. The molecule has 1 rings (SSSR count). The minimum absolute atomic E-state index is 0. The highest BCUT2D eigenvalue weighted by molar-refractivity contribution is 14.0. The van der Waals surface area contributed by atoms with Gasteiger partial charge in [0.25, 0.3) is 0 Å². The van der Waals surface area contributed by atoms with E-state index in [9.17, 15) is 0 Å². The van der Waals surface area contributed by atoms with E-state index in [-0.39, 0.29) is 24.0 Å². The lowest BCUT2D eigenvalue weighted by Gasteiger charge is -2.09. The zero-order valence-electron chi connectivity index (χ0n) is 9.53. The van der Waals surface area contributed by atoms with Crippen molar-refractivity contribution in [3.63, 3.8) is 0 Å². The number of furan rings is 1. The molecule has 1 aromatic rings. The second kappa shape index (κ2) is 9.46. The third-order valence-corrected chi connectivity index (χ3v) is 1.83. The highest BCUT2D eigenvalue weighted by atomic mass is 127. The fourth-order valence-electron chi connectivity index (χ4n) is 1.08. The van der Waals surface area contributed by atoms with Crippen LogP contribution in [0.25, 0.3) is 0 Å². The molecule has 6 heteroatoms. The van der Waals surface area contributed by atoms with Crippen LogP contribution in [0, 0.1) is 0 Å². The Kier molecular flexibility index (Phi) is 9.02. The first-order chi connectivity index (χ1) is 7.36. The van der Waals surface area contributed by atoms with E-state index in [1.807, 2.05) is 12.1 Å². The van der Waals surface area contributed by atoms with Gasteiger partial charge in [-0.3, -0.25) is 4.99 Å². The summed E-state index contributed by atoms with van der Waals surface area (Å²) in [5.74, 6) is 1.62. The second-order valence-corrected chi connectivity index (χ2v) is 2.92. The lowest BCUT2D eigenvalue weighted by atomic mass is 10.4. The van der Waals surface area contributed by atoms with Crippen molar-refractivity contribution in [2.75, 3.05) is 27.3 Å². The monoisotopic (exact) mass is 339 g/mol. The highest BCUT2D eigenvalue weighted by Gasteiger charge is 1.98. The molecule has 0 aliphatic heterocycles. The summed E-state index contributed by atoms with van der Waals surface area (Å²) in [7, 11) is 3.39. The molecule has 2 N–H and O–H groups in total. The van der Waals surface area contributed by atoms with E-state index in [2.05, 4.69) is 15.6 Å². The van der Waals surface area contributed by atoms with Gasteiger partial charge in [0, 0.05) is 20.7 Å². The predicted octanol–water partition coefficient (Wildman–Crippen LogP) is 1.21. The van der Waals surface area contributed by atoms with Gasteiger partial charge in [0.1, 0.15) is 5.76 Å². The molecule has 5 nitrogen and oxygen atoms in total. The number of nitrogens with zero attached hydrogens (tertiary/aromatic N) is 1. The standard InChI is InChI=1S/C10H17N3O2.HI/c1-11-10(12-5-7-14-2)13-8-9-4-3-6-15-9;/h3-4,6H,5,7-8H2,1-2H3,(H2,11,12,13);1H. The van der Waals surface area contributed by atoms with Crippen molar-refractivity contribution in [1.82, 2.24) is 10.6 Å². The van der Waals surface area contributed by atoms with Crippen LogP contribution in [-0.2, 0) is 11.3 Å². The largest absolute Gasteiger partial charge is 0.467 e. The Bertz CT molecular complexity index is 288. The molecule has 0 atom stereocenters. The van der Waals surface area contributed by atoms with Crippen molar-refractivity contribution in [3.05, 3.63) is 24.2 Å². The Labute approximate surface area is 113 Å². The molecule has 0 unspecified atom stereocenters. The average molecular weight is 339 g/mol. The van der Waals surface area contributed by atoms with Gasteiger partial charge in [-0.2, -0.15) is 0 Å². The normalized spacial score (nSPS) is 10.8. The molecule has 0 amide bonds. The van der Waals surface area contributed by atoms with Gasteiger partial charge in [-0.05, 0) is 12.1 Å². The molecule has 0 aromatic carbocycles. The summed E-state index contributed by atoms with van der Waals surface area (Å²) in [4.78, 5) is 4.06. The minimum atomic E-state index is 0. The van der Waals surface area contributed by atoms with Gasteiger partial charge in [-0.25, -0.2) is 0 Å². The average Bonchev–Trinajstić information content (AvgIpc) is 2.76. The van der Waals surface area contributed by atoms with Crippen LogP contribution >= 0.6 is 24.0 Å². The number of halogens is 1. The van der Waals surface area contributed by atoms with Crippen molar-refractivity contribution in [1.29, 1.82) is 0 Å². The van der Waals surface area contributed by atoms with Crippen LogP contribution in [0.1, 0.15) is 5.76 Å². The van der Waals surface area contributed by atoms with Gasteiger partial charge in [-0.15, -0.1) is 24.0 Å². The first kappa shape index (κ1) is 15.2. The third kappa shape index (κ3) is 5.96. The molecule has 0 saturated heterocycles. The molecule has 0 fully saturated rings. The summed E-state index contributed by atoms with van der Waals surface area (Å²) in [6, 6.07) is 3.77. The Morgan fingerprint density at radius 2 is 2.31 bits per heavy atom. The molecule has 0 radical (unpaired) electrons. The molecule has 0 spiro atoms. The Morgan fingerprint density at radius 3 is 2.88 bits per heavy atom. The number of aliphatic imine (C=N–C) groups is 1. The van der Waals surface area contributed by atoms with Crippen molar-refractivity contribution in [3.8, 4) is 0 Å². The van der Waals surface area contributed by atoms with E-state index in [1.54, 1.807) is 20.4 Å². The lowest BCUT2D eigenvalue weighted by molar-refractivity contribution is 0.203. The minimum Gasteiger partial charge on any atom is -0.467 e. The molecule has 92 valence electrons. The lowest BCUT2D eigenvalue weighted by Crippen LogP contribution is -2.38. The van der Waals surface area contributed by atoms with E-state index in [0.717, 1.165) is 18.3 Å². The summed E-state index contributed by atoms with van der Waals surface area (Å²) in [6.07, 6.45) is 1.65. The number of guanidine groups is 1.